The average Bonchev–Trinajstić information content (AvgIpc) is 2.25. The summed E-state index contributed by atoms with van der Waals surface area (Å²) in [6.07, 6.45) is 0. The lowest BCUT2D eigenvalue weighted by atomic mass is 10.1. The number of halogens is 2. The Hall–Kier alpha value is -0.290. The number of hydrogen-bond donors (Lipinski definition) is 1. The summed E-state index contributed by atoms with van der Waals surface area (Å²) in [7, 11) is -3.05. The van der Waals surface area contributed by atoms with Crippen LogP contribution in [0.1, 0.15) is 18.5 Å². The zero-order valence-corrected chi connectivity index (χ0v) is 11.6. The van der Waals surface area contributed by atoms with Crippen LogP contribution in [0.25, 0.3) is 0 Å². The molecule has 1 aromatic carbocycles. The molecule has 0 aliphatic carbocycles. The number of benzene rings is 1. The van der Waals surface area contributed by atoms with E-state index in [0.29, 0.717) is 16.6 Å². The third-order valence-electron chi connectivity index (χ3n) is 3.00. The maximum Gasteiger partial charge on any atom is 0.156 e. The van der Waals surface area contributed by atoms with E-state index >= 15 is 0 Å². The van der Waals surface area contributed by atoms with Gasteiger partial charge in [0.1, 0.15) is 0 Å². The predicted molar refractivity (Wildman–Crippen MR) is 70.5 cm³/mol. The maximum atomic E-state index is 11.8. The minimum absolute atomic E-state index is 0.0637. The average molecular weight is 294 g/mol. The molecule has 2 rings (SSSR count). The van der Waals surface area contributed by atoms with E-state index in [1.54, 1.807) is 25.1 Å². The Morgan fingerprint density at radius 1 is 1.35 bits per heavy atom. The Labute approximate surface area is 111 Å². The number of sulfone groups is 1. The summed E-state index contributed by atoms with van der Waals surface area (Å²) in [6, 6.07) is 4.81. The number of rotatable bonds is 1. The lowest BCUT2D eigenvalue weighted by Crippen LogP contribution is -2.44. The van der Waals surface area contributed by atoms with Gasteiger partial charge in [-0.1, -0.05) is 23.2 Å². The number of nitrogens with one attached hydrogen (secondary N) is 1. The highest BCUT2D eigenvalue weighted by atomic mass is 35.5. The first-order valence-electron chi connectivity index (χ1n) is 5.30. The molecule has 1 aromatic rings. The van der Waals surface area contributed by atoms with Gasteiger partial charge in [-0.25, -0.2) is 8.42 Å². The van der Waals surface area contributed by atoms with Gasteiger partial charge in [0, 0.05) is 22.6 Å². The fourth-order valence-corrected chi connectivity index (χ4v) is 3.74. The fourth-order valence-electron chi connectivity index (χ4n) is 1.87. The molecule has 1 aliphatic rings. The zero-order valence-electron chi connectivity index (χ0n) is 9.28. The summed E-state index contributed by atoms with van der Waals surface area (Å²) in [5.74, 6) is 0.0637. The van der Waals surface area contributed by atoms with Crippen molar-refractivity contribution >= 4 is 33.0 Å². The molecule has 1 saturated heterocycles. The van der Waals surface area contributed by atoms with Gasteiger partial charge in [0.15, 0.2) is 9.84 Å². The van der Waals surface area contributed by atoms with Gasteiger partial charge < -0.3 is 5.32 Å². The molecular weight excluding hydrogens is 281 g/mol. The summed E-state index contributed by atoms with van der Waals surface area (Å²) < 4.78 is 23.7. The Morgan fingerprint density at radius 2 is 2.06 bits per heavy atom. The molecule has 0 bridgehead atoms. The Bertz CT molecular complexity index is 530. The van der Waals surface area contributed by atoms with Crippen molar-refractivity contribution in [1.82, 2.24) is 5.32 Å². The smallest absolute Gasteiger partial charge is 0.156 e. The summed E-state index contributed by atoms with van der Waals surface area (Å²) >= 11 is 12.0. The molecule has 0 aromatic heterocycles. The van der Waals surface area contributed by atoms with E-state index in [1.807, 2.05) is 0 Å². The highest BCUT2D eigenvalue weighted by Crippen LogP contribution is 2.29. The summed E-state index contributed by atoms with van der Waals surface area (Å²) in [6.45, 7) is 2.15. The largest absolute Gasteiger partial charge is 0.308 e. The minimum atomic E-state index is -3.05. The van der Waals surface area contributed by atoms with Crippen molar-refractivity contribution in [2.45, 2.75) is 18.2 Å². The fraction of sp³-hybridized carbons (Fsp3) is 0.455. The second-order valence-corrected chi connectivity index (χ2v) is 7.57. The molecule has 94 valence electrons. The molecule has 6 heteroatoms. The SMILES string of the molecule is CC1CNC(c2cc(Cl)ccc2Cl)CS1(=O)=O. The van der Waals surface area contributed by atoms with E-state index in [4.69, 9.17) is 23.2 Å². The first-order valence-corrected chi connectivity index (χ1v) is 7.77. The van der Waals surface area contributed by atoms with Gasteiger partial charge in [-0.05, 0) is 30.7 Å². The molecule has 17 heavy (non-hydrogen) atoms. The second kappa shape index (κ2) is 4.76. The third kappa shape index (κ3) is 2.76. The van der Waals surface area contributed by atoms with Gasteiger partial charge in [-0.3, -0.25) is 0 Å². The molecular formula is C11H13Cl2NO2S. The first kappa shape index (κ1) is 13.1. The van der Waals surface area contributed by atoms with Crippen LogP contribution in [0.4, 0.5) is 0 Å². The van der Waals surface area contributed by atoms with Crippen molar-refractivity contribution in [3.8, 4) is 0 Å². The van der Waals surface area contributed by atoms with Gasteiger partial charge in [0.2, 0.25) is 0 Å². The van der Waals surface area contributed by atoms with Crippen LogP contribution in [0.2, 0.25) is 10.0 Å². The lowest BCUT2D eigenvalue weighted by Gasteiger charge is -2.28. The van der Waals surface area contributed by atoms with Crippen LogP contribution in [0.3, 0.4) is 0 Å². The van der Waals surface area contributed by atoms with Crippen LogP contribution >= 0.6 is 23.2 Å². The zero-order chi connectivity index (χ0) is 12.6. The molecule has 1 N–H and O–H groups in total. The van der Waals surface area contributed by atoms with Gasteiger partial charge >= 0.3 is 0 Å². The van der Waals surface area contributed by atoms with Crippen molar-refractivity contribution < 1.29 is 8.42 Å². The van der Waals surface area contributed by atoms with Crippen molar-refractivity contribution in [1.29, 1.82) is 0 Å². The molecule has 3 nitrogen and oxygen atoms in total. The maximum absolute atomic E-state index is 11.8. The van der Waals surface area contributed by atoms with Crippen LogP contribution in [0.5, 0.6) is 0 Å². The van der Waals surface area contributed by atoms with Crippen LogP contribution in [-0.2, 0) is 9.84 Å². The summed E-state index contributed by atoms with van der Waals surface area (Å²) in [5, 5.41) is 3.93. The molecule has 0 spiro atoms. The van der Waals surface area contributed by atoms with Crippen LogP contribution in [-0.4, -0.2) is 26.0 Å². The van der Waals surface area contributed by atoms with E-state index in [0.717, 1.165) is 5.56 Å². The summed E-state index contributed by atoms with van der Waals surface area (Å²) in [4.78, 5) is 0. The lowest BCUT2D eigenvalue weighted by molar-refractivity contribution is 0.502. The van der Waals surface area contributed by atoms with Crippen LogP contribution in [0, 0.1) is 0 Å². The standard InChI is InChI=1S/C11H13Cl2NO2S/c1-7-5-14-11(6-17(7,15)16)9-4-8(12)2-3-10(9)13/h2-4,7,11,14H,5-6H2,1H3. The van der Waals surface area contributed by atoms with Gasteiger partial charge in [0.05, 0.1) is 11.0 Å². The molecule has 1 aliphatic heterocycles. The summed E-state index contributed by atoms with van der Waals surface area (Å²) in [5.41, 5.74) is 0.745. The van der Waals surface area contributed by atoms with E-state index < -0.39 is 9.84 Å². The Morgan fingerprint density at radius 3 is 2.71 bits per heavy atom. The molecule has 0 saturated carbocycles. The highest BCUT2D eigenvalue weighted by Gasteiger charge is 2.32. The van der Waals surface area contributed by atoms with Crippen LogP contribution < -0.4 is 5.32 Å². The molecule has 0 amide bonds. The normalized spacial score (nSPS) is 27.9. The first-order chi connectivity index (χ1) is 7.90. The van der Waals surface area contributed by atoms with Gasteiger partial charge in [-0.2, -0.15) is 0 Å². The van der Waals surface area contributed by atoms with E-state index in [1.165, 1.54) is 0 Å². The van der Waals surface area contributed by atoms with E-state index in [-0.39, 0.29) is 17.0 Å². The molecule has 1 fully saturated rings. The van der Waals surface area contributed by atoms with Crippen molar-refractivity contribution in [3.05, 3.63) is 33.8 Å². The molecule has 2 unspecified atom stereocenters. The topological polar surface area (TPSA) is 46.2 Å². The molecule has 1 heterocycles. The van der Waals surface area contributed by atoms with E-state index in [9.17, 15) is 8.42 Å². The van der Waals surface area contributed by atoms with Crippen molar-refractivity contribution in [3.63, 3.8) is 0 Å². The minimum Gasteiger partial charge on any atom is -0.308 e. The molecule has 2 atom stereocenters. The van der Waals surface area contributed by atoms with Gasteiger partial charge in [-0.15, -0.1) is 0 Å². The quantitative estimate of drug-likeness (QED) is 0.865. The number of hydrogen-bond acceptors (Lipinski definition) is 3. The van der Waals surface area contributed by atoms with E-state index in [2.05, 4.69) is 5.32 Å². The predicted octanol–water partition coefficient (Wildman–Crippen LogP) is 2.44. The second-order valence-electron chi connectivity index (χ2n) is 4.27. The van der Waals surface area contributed by atoms with Crippen LogP contribution in [0.15, 0.2) is 18.2 Å². The Balaban J connectivity index is 2.33. The van der Waals surface area contributed by atoms with Crippen molar-refractivity contribution in [2.75, 3.05) is 12.3 Å². The third-order valence-corrected chi connectivity index (χ3v) is 5.77. The van der Waals surface area contributed by atoms with Gasteiger partial charge in [0.25, 0.3) is 0 Å². The molecule has 0 radical (unpaired) electrons. The van der Waals surface area contributed by atoms with Crippen molar-refractivity contribution in [2.24, 2.45) is 0 Å². The Kier molecular flexibility index (Phi) is 3.69. The monoisotopic (exact) mass is 293 g/mol. The highest BCUT2D eigenvalue weighted by molar-refractivity contribution is 7.92.